The summed E-state index contributed by atoms with van der Waals surface area (Å²) in [6.45, 7) is 4.51. The SMILES string of the molecule is COCCN(/N=C/c1ccc2[nH]c(=O)n(C(C)C)c2c1)C1=NS(=O)(=O)c2cc(Br)ccc21. The number of imidazole rings is 1. The normalized spacial score (nSPS) is 15.0. The molecular formula is C21H22BrN5O4S. The molecule has 0 atom stereocenters. The second-order valence-electron chi connectivity index (χ2n) is 7.56. The number of ether oxygens (including phenoxy) is 1. The molecule has 0 spiro atoms. The summed E-state index contributed by atoms with van der Waals surface area (Å²) in [7, 11) is -2.25. The standard InChI is InChI=1S/C21H22BrN5O4S/c1-13(2)27-18-10-14(4-7-17(18)24-21(27)28)12-23-26(8-9-31-3)20-16-6-5-15(22)11-19(16)32(29,30)25-20/h4-7,10-13H,8-9H2,1-3H3,(H,24,28)/b23-12+. The molecule has 0 radical (unpaired) electrons. The first-order valence-electron chi connectivity index (χ1n) is 9.91. The third kappa shape index (κ3) is 4.15. The molecule has 1 aliphatic rings. The third-order valence-electron chi connectivity index (χ3n) is 5.03. The van der Waals surface area contributed by atoms with Gasteiger partial charge in [-0.2, -0.15) is 13.5 Å². The van der Waals surface area contributed by atoms with Crippen molar-refractivity contribution in [1.82, 2.24) is 14.6 Å². The minimum absolute atomic E-state index is 0.00415. The smallest absolute Gasteiger partial charge is 0.326 e. The van der Waals surface area contributed by atoms with Gasteiger partial charge in [-0.3, -0.25) is 4.57 Å². The van der Waals surface area contributed by atoms with Gasteiger partial charge in [-0.25, -0.2) is 9.80 Å². The molecule has 3 aromatic rings. The van der Waals surface area contributed by atoms with Crippen LogP contribution in [0.2, 0.25) is 0 Å². The van der Waals surface area contributed by atoms with Crippen LogP contribution in [0.25, 0.3) is 11.0 Å². The maximum Gasteiger partial charge on any atom is 0.326 e. The molecule has 1 aromatic heterocycles. The van der Waals surface area contributed by atoms with E-state index < -0.39 is 10.0 Å². The molecule has 0 unspecified atom stereocenters. The molecule has 9 nitrogen and oxygen atoms in total. The number of hydrogen-bond acceptors (Lipinski definition) is 6. The van der Waals surface area contributed by atoms with Crippen LogP contribution < -0.4 is 5.69 Å². The molecule has 1 aliphatic heterocycles. The molecule has 1 N–H and O–H groups in total. The highest BCUT2D eigenvalue weighted by atomic mass is 79.9. The third-order valence-corrected chi connectivity index (χ3v) is 6.83. The number of methoxy groups -OCH3 is 1. The van der Waals surface area contributed by atoms with Gasteiger partial charge in [0.25, 0.3) is 10.0 Å². The number of aromatic amines is 1. The zero-order valence-corrected chi connectivity index (χ0v) is 20.1. The quantitative estimate of drug-likeness (QED) is 0.397. The van der Waals surface area contributed by atoms with Crippen LogP contribution in [-0.2, 0) is 14.8 Å². The predicted molar refractivity (Wildman–Crippen MR) is 127 cm³/mol. The fourth-order valence-corrected chi connectivity index (χ4v) is 5.30. The van der Waals surface area contributed by atoms with Crippen LogP contribution in [0, 0.1) is 0 Å². The lowest BCUT2D eigenvalue weighted by atomic mass is 10.2. The van der Waals surface area contributed by atoms with Crippen molar-refractivity contribution in [3.8, 4) is 0 Å². The maximum absolute atomic E-state index is 12.6. The molecular weight excluding hydrogens is 498 g/mol. The molecule has 2 aromatic carbocycles. The van der Waals surface area contributed by atoms with E-state index in [9.17, 15) is 13.2 Å². The largest absolute Gasteiger partial charge is 0.383 e. The van der Waals surface area contributed by atoms with Gasteiger partial charge in [-0.05, 0) is 49.7 Å². The van der Waals surface area contributed by atoms with E-state index in [-0.39, 0.29) is 22.5 Å². The Kier molecular flexibility index (Phi) is 6.06. The number of aromatic nitrogens is 2. The van der Waals surface area contributed by atoms with E-state index >= 15 is 0 Å². The van der Waals surface area contributed by atoms with Crippen molar-refractivity contribution in [3.63, 3.8) is 0 Å². The van der Waals surface area contributed by atoms with Crippen molar-refractivity contribution >= 4 is 49.0 Å². The van der Waals surface area contributed by atoms with Crippen molar-refractivity contribution in [2.24, 2.45) is 9.50 Å². The topological polar surface area (TPSA) is 109 Å². The first-order chi connectivity index (χ1) is 15.2. The first kappa shape index (κ1) is 22.4. The van der Waals surface area contributed by atoms with Gasteiger partial charge in [-0.1, -0.05) is 22.0 Å². The Hall–Kier alpha value is -2.76. The van der Waals surface area contributed by atoms with Gasteiger partial charge in [0.15, 0.2) is 5.84 Å². The number of fused-ring (bicyclic) bond motifs is 2. The van der Waals surface area contributed by atoms with Crippen LogP contribution in [0.4, 0.5) is 0 Å². The maximum atomic E-state index is 12.6. The Bertz CT molecular complexity index is 1410. The van der Waals surface area contributed by atoms with Crippen molar-refractivity contribution in [3.05, 3.63) is 62.5 Å². The summed E-state index contributed by atoms with van der Waals surface area (Å²) in [5.74, 6) is 0.239. The lowest BCUT2D eigenvalue weighted by Crippen LogP contribution is -2.29. The molecule has 11 heteroatoms. The predicted octanol–water partition coefficient (Wildman–Crippen LogP) is 3.10. The van der Waals surface area contributed by atoms with Crippen LogP contribution in [-0.4, -0.2) is 55.3 Å². The highest BCUT2D eigenvalue weighted by Crippen LogP contribution is 2.30. The van der Waals surface area contributed by atoms with E-state index in [4.69, 9.17) is 4.74 Å². The van der Waals surface area contributed by atoms with Crippen molar-refractivity contribution < 1.29 is 13.2 Å². The van der Waals surface area contributed by atoms with E-state index in [1.54, 1.807) is 30.0 Å². The molecule has 0 bridgehead atoms. The summed E-state index contributed by atoms with van der Waals surface area (Å²) in [5.41, 5.74) is 2.58. The number of nitrogens with one attached hydrogen (secondary N) is 1. The summed E-state index contributed by atoms with van der Waals surface area (Å²) in [5, 5.41) is 6.02. The number of halogens is 1. The molecule has 0 saturated heterocycles. The second kappa shape index (κ2) is 8.64. The van der Waals surface area contributed by atoms with E-state index in [2.05, 4.69) is 30.4 Å². The van der Waals surface area contributed by atoms with E-state index in [1.807, 2.05) is 32.0 Å². The lowest BCUT2D eigenvalue weighted by Gasteiger charge is -2.18. The monoisotopic (exact) mass is 519 g/mol. The highest BCUT2D eigenvalue weighted by Gasteiger charge is 2.32. The molecule has 0 aliphatic carbocycles. The van der Waals surface area contributed by atoms with Gasteiger partial charge in [0, 0.05) is 23.2 Å². The van der Waals surface area contributed by atoms with Gasteiger partial charge >= 0.3 is 5.69 Å². The molecule has 32 heavy (non-hydrogen) atoms. The number of hydrogen-bond donors (Lipinski definition) is 1. The number of hydrazone groups is 1. The Morgan fingerprint density at radius 1 is 1.28 bits per heavy atom. The minimum atomic E-state index is -3.81. The fraction of sp³-hybridized carbons (Fsp3) is 0.286. The first-order valence-corrected chi connectivity index (χ1v) is 12.1. The van der Waals surface area contributed by atoms with Gasteiger partial charge in [0.05, 0.1) is 30.4 Å². The van der Waals surface area contributed by atoms with Crippen molar-refractivity contribution in [2.45, 2.75) is 24.8 Å². The van der Waals surface area contributed by atoms with E-state index in [0.717, 1.165) is 16.6 Å². The van der Waals surface area contributed by atoms with Crippen LogP contribution >= 0.6 is 15.9 Å². The summed E-state index contributed by atoms with van der Waals surface area (Å²) in [6, 6.07) is 10.5. The summed E-state index contributed by atoms with van der Waals surface area (Å²) < 4.78 is 36.6. The lowest BCUT2D eigenvalue weighted by molar-refractivity contribution is 0.178. The van der Waals surface area contributed by atoms with Crippen LogP contribution in [0.1, 0.15) is 31.0 Å². The average Bonchev–Trinajstić information content (AvgIpc) is 3.20. The summed E-state index contributed by atoms with van der Waals surface area (Å²) in [6.07, 6.45) is 1.61. The van der Waals surface area contributed by atoms with Crippen LogP contribution in [0.15, 0.2) is 60.1 Å². The molecule has 0 saturated carbocycles. The highest BCUT2D eigenvalue weighted by molar-refractivity contribution is 9.10. The van der Waals surface area contributed by atoms with Gasteiger partial charge in [-0.15, -0.1) is 4.40 Å². The minimum Gasteiger partial charge on any atom is -0.383 e. The molecule has 2 heterocycles. The zero-order chi connectivity index (χ0) is 23.0. The number of amidine groups is 1. The second-order valence-corrected chi connectivity index (χ2v) is 10.0. The van der Waals surface area contributed by atoms with Gasteiger partial charge < -0.3 is 9.72 Å². The number of H-pyrrole nitrogens is 1. The van der Waals surface area contributed by atoms with E-state index in [1.165, 1.54) is 11.1 Å². The Balaban J connectivity index is 1.73. The number of rotatable bonds is 6. The Morgan fingerprint density at radius 3 is 2.78 bits per heavy atom. The summed E-state index contributed by atoms with van der Waals surface area (Å²) in [4.78, 5) is 15.2. The van der Waals surface area contributed by atoms with Crippen LogP contribution in [0.3, 0.4) is 0 Å². The molecule has 0 fully saturated rings. The fourth-order valence-electron chi connectivity index (χ4n) is 3.56. The average molecular weight is 520 g/mol. The van der Waals surface area contributed by atoms with Gasteiger partial charge in [0.2, 0.25) is 0 Å². The van der Waals surface area contributed by atoms with Crippen molar-refractivity contribution in [2.75, 3.05) is 20.3 Å². The Labute approximate surface area is 193 Å². The Morgan fingerprint density at radius 2 is 2.06 bits per heavy atom. The molecule has 0 amide bonds. The van der Waals surface area contributed by atoms with Crippen LogP contribution in [0.5, 0.6) is 0 Å². The molecule has 168 valence electrons. The summed E-state index contributed by atoms with van der Waals surface area (Å²) >= 11 is 3.31. The zero-order valence-electron chi connectivity index (χ0n) is 17.7. The van der Waals surface area contributed by atoms with E-state index in [0.29, 0.717) is 23.2 Å². The van der Waals surface area contributed by atoms with Crippen molar-refractivity contribution in [1.29, 1.82) is 0 Å². The number of nitrogens with zero attached hydrogens (tertiary/aromatic N) is 4. The number of benzene rings is 2. The molecule has 4 rings (SSSR count). The van der Waals surface area contributed by atoms with Gasteiger partial charge in [0.1, 0.15) is 4.90 Å². The number of sulfonamides is 1.